The summed E-state index contributed by atoms with van der Waals surface area (Å²) in [7, 11) is 4.34. The van der Waals surface area contributed by atoms with Gasteiger partial charge >= 0.3 is 24.8 Å². The predicted molar refractivity (Wildman–Crippen MR) is 164 cm³/mol. The second-order valence-electron chi connectivity index (χ2n) is 9.69. The molecule has 2 aliphatic rings. The van der Waals surface area contributed by atoms with E-state index >= 15 is 0 Å². The zero-order valence-corrected chi connectivity index (χ0v) is 24.5. The number of hydrogen-bond donors (Lipinski definition) is 1. The fraction of sp³-hybridized carbons (Fsp3) is 0.250. The molecule has 1 nitrogen and oxygen atoms in total. The molecule has 0 N–H and O–H groups in total. The third-order valence-corrected chi connectivity index (χ3v) is 7.53. The molecule has 0 atom stereocenters. The molecule has 183 valence electrons. The van der Waals surface area contributed by atoms with Gasteiger partial charge in [-0.2, -0.15) is 0 Å². The summed E-state index contributed by atoms with van der Waals surface area (Å²) in [5.41, 5.74) is 11.6. The topological polar surface area (TPSA) is 12.4 Å². The van der Waals surface area contributed by atoms with Crippen molar-refractivity contribution >= 4 is 36.4 Å². The molecule has 0 heterocycles. The first kappa shape index (κ1) is 28.2. The minimum atomic E-state index is 0.121. The van der Waals surface area contributed by atoms with Crippen molar-refractivity contribution in [2.24, 2.45) is 4.30 Å². The van der Waals surface area contributed by atoms with Crippen molar-refractivity contribution in [3.05, 3.63) is 118 Å². The van der Waals surface area contributed by atoms with Gasteiger partial charge in [0, 0.05) is 15.3 Å². The van der Waals surface area contributed by atoms with Crippen molar-refractivity contribution in [1.29, 1.82) is 0 Å². The van der Waals surface area contributed by atoms with Crippen LogP contribution >= 0.6 is 28.7 Å². The summed E-state index contributed by atoms with van der Waals surface area (Å²) >= 11 is 6.75. The predicted octanol–water partition coefficient (Wildman–Crippen LogP) is 9.96. The van der Waals surface area contributed by atoms with Gasteiger partial charge in [-0.25, -0.2) is 0 Å². The van der Waals surface area contributed by atoms with E-state index in [1.54, 1.807) is 0 Å². The molecule has 4 aromatic rings. The fourth-order valence-corrected chi connectivity index (χ4v) is 5.71. The zero-order valence-electron chi connectivity index (χ0n) is 22.0. The van der Waals surface area contributed by atoms with E-state index in [0.29, 0.717) is 0 Å². The molecule has 0 saturated heterocycles. The third-order valence-electron chi connectivity index (χ3n) is 7.04. The number of rotatable bonds is 0. The van der Waals surface area contributed by atoms with E-state index in [0.717, 1.165) is 4.47 Å². The van der Waals surface area contributed by atoms with Gasteiger partial charge in [0.15, 0.2) is 0 Å². The first-order chi connectivity index (χ1) is 17.2. The van der Waals surface area contributed by atoms with E-state index in [2.05, 4.69) is 159 Å². The van der Waals surface area contributed by atoms with Crippen LogP contribution in [0.15, 0.2) is 99.8 Å². The number of halogens is 1. The van der Waals surface area contributed by atoms with Crippen LogP contribution in [0, 0.1) is 0 Å². The normalized spacial score (nSPS) is 14.1. The molecule has 2 aliphatic carbocycles. The third kappa shape index (κ3) is 5.17. The molecule has 0 saturated carbocycles. The Kier molecular flexibility index (Phi) is 9.19. The van der Waals surface area contributed by atoms with Crippen LogP contribution in [0.1, 0.15) is 63.8 Å². The van der Waals surface area contributed by atoms with E-state index in [1.165, 1.54) is 44.5 Å². The van der Waals surface area contributed by atoms with Gasteiger partial charge in [0.1, 0.15) is 0 Å². The number of fused-ring (bicyclic) bond motifs is 6. The van der Waals surface area contributed by atoms with E-state index in [1.807, 2.05) is 13.8 Å². The Bertz CT molecular complexity index is 1310. The van der Waals surface area contributed by atoms with Crippen molar-refractivity contribution in [3.8, 4) is 22.3 Å². The summed E-state index contributed by atoms with van der Waals surface area (Å²) in [5, 5.41) is 0. The number of thiol groups is 1. The van der Waals surface area contributed by atoms with E-state index < -0.39 is 0 Å². The summed E-state index contributed by atoms with van der Waals surface area (Å²) < 4.78 is 3.85. The van der Waals surface area contributed by atoms with Gasteiger partial charge in [-0.1, -0.05) is 136 Å². The van der Waals surface area contributed by atoms with Crippen molar-refractivity contribution in [3.63, 3.8) is 0 Å². The molecule has 0 bridgehead atoms. The van der Waals surface area contributed by atoms with Crippen LogP contribution in [0.5, 0.6) is 0 Å². The molecule has 0 fully saturated rings. The minimum absolute atomic E-state index is 0.121. The van der Waals surface area contributed by atoms with Crippen molar-refractivity contribution in [1.82, 2.24) is 0 Å². The first-order valence-corrected chi connectivity index (χ1v) is 13.6. The van der Waals surface area contributed by atoms with Gasteiger partial charge < -0.3 is 0 Å². The maximum absolute atomic E-state index is 4.34. The van der Waals surface area contributed by atoms with Crippen LogP contribution in [-0.4, -0.2) is 7.64 Å². The van der Waals surface area contributed by atoms with Gasteiger partial charge in [0.2, 0.25) is 0 Å². The second-order valence-corrected chi connectivity index (χ2v) is 10.8. The van der Waals surface area contributed by atoms with Gasteiger partial charge in [0.05, 0.1) is 0 Å². The van der Waals surface area contributed by atoms with Crippen LogP contribution in [0.2, 0.25) is 0 Å². The fourth-order valence-electron chi connectivity index (χ4n) is 5.35. The molecule has 6 rings (SSSR count). The molecule has 0 unspecified atom stereocenters. The van der Waals surface area contributed by atoms with Gasteiger partial charge in [-0.3, -0.25) is 0 Å². The molecule has 4 aromatic carbocycles. The van der Waals surface area contributed by atoms with Crippen LogP contribution in [0.3, 0.4) is 0 Å². The van der Waals surface area contributed by atoms with Crippen LogP contribution in [0.25, 0.3) is 22.3 Å². The number of benzene rings is 4. The molecule has 0 aromatic heterocycles. The SMILES string of the molecule is CC.CC1(C)c2ccccc2-c2ccc(Br)cc21.CC1(C)c2ccccc2-c2ccccc21.[B]=NS. The van der Waals surface area contributed by atoms with Crippen LogP contribution in [-0.2, 0) is 10.8 Å². The van der Waals surface area contributed by atoms with Gasteiger partial charge in [-0.15, -0.1) is 0 Å². The van der Waals surface area contributed by atoms with Crippen molar-refractivity contribution in [2.75, 3.05) is 0 Å². The van der Waals surface area contributed by atoms with E-state index in [9.17, 15) is 0 Å². The van der Waals surface area contributed by atoms with E-state index in [-0.39, 0.29) is 10.8 Å². The average Bonchev–Trinajstić information content (AvgIpc) is 3.26. The Labute approximate surface area is 232 Å². The summed E-state index contributed by atoms with van der Waals surface area (Å²) in [6.07, 6.45) is 0. The Morgan fingerprint density at radius 3 is 1.28 bits per heavy atom. The number of hydrogen-bond acceptors (Lipinski definition) is 2. The molecule has 0 spiro atoms. The summed E-state index contributed by atoms with van der Waals surface area (Å²) in [5.74, 6) is 0. The number of nitrogens with zero attached hydrogens (tertiary/aromatic N) is 1. The quantitative estimate of drug-likeness (QED) is 0.164. The Balaban J connectivity index is 0.000000171. The summed E-state index contributed by atoms with van der Waals surface area (Å²) in [6, 6.07) is 32.7. The monoisotopic (exact) mass is 554 g/mol. The van der Waals surface area contributed by atoms with E-state index in [4.69, 9.17) is 0 Å². The van der Waals surface area contributed by atoms with Crippen LogP contribution < -0.4 is 0 Å². The van der Waals surface area contributed by atoms with Crippen molar-refractivity contribution in [2.45, 2.75) is 52.4 Å². The second kappa shape index (κ2) is 11.7. The maximum atomic E-state index is 4.34. The molecule has 36 heavy (non-hydrogen) atoms. The zero-order chi connectivity index (χ0) is 26.5. The molecule has 0 amide bonds. The molecule has 1 radical (unpaired) electrons. The molecule has 4 heteroatoms. The summed E-state index contributed by atoms with van der Waals surface area (Å²) in [6.45, 7) is 13.2. The average molecular weight is 555 g/mol. The Morgan fingerprint density at radius 1 is 0.583 bits per heavy atom. The first-order valence-electron chi connectivity index (χ1n) is 12.4. The molecular weight excluding hydrogens is 521 g/mol. The van der Waals surface area contributed by atoms with Gasteiger partial charge in [0.25, 0.3) is 0 Å². The van der Waals surface area contributed by atoms with Gasteiger partial charge in [-0.05, 0) is 56.6 Å². The Morgan fingerprint density at radius 2 is 0.889 bits per heavy atom. The van der Waals surface area contributed by atoms with Crippen molar-refractivity contribution < 1.29 is 0 Å². The standard InChI is InChI=1S/C15H13Br.C15H14.C2H6.BHNS/c1-15(2)13-6-4-3-5-11(13)12-8-7-10(16)9-14(12)15;1-15(2)13-9-5-3-7-11(13)12-8-4-6-10-14(12)15;1-2;1-2-3/h3-9H,1-2H3;3-10H,1-2H3;1-2H3;3H. The van der Waals surface area contributed by atoms with Crippen LogP contribution in [0.4, 0.5) is 0 Å². The molecular formula is C32H34BBrNS. The Hall–Kier alpha value is -2.43. The summed E-state index contributed by atoms with van der Waals surface area (Å²) in [4.78, 5) is 0. The molecule has 0 aliphatic heterocycles.